The molecule has 0 unspecified atom stereocenters. The molecule has 0 aliphatic heterocycles. The topological polar surface area (TPSA) is 29.1 Å². The maximum absolute atomic E-state index is 13.2. The highest BCUT2D eigenvalue weighted by Crippen LogP contribution is 2.52. The van der Waals surface area contributed by atoms with Crippen LogP contribution >= 0.6 is 0 Å². The van der Waals surface area contributed by atoms with E-state index >= 15 is 0 Å². The Morgan fingerprint density at radius 2 is 1.65 bits per heavy atom. The third-order valence-corrected chi connectivity index (χ3v) is 5.69. The van der Waals surface area contributed by atoms with Gasteiger partial charge < -0.3 is 5.32 Å². The molecule has 136 valence electrons. The molecule has 0 spiro atoms. The number of carbonyl (C=O) groups is 1. The van der Waals surface area contributed by atoms with Gasteiger partial charge in [-0.15, -0.1) is 0 Å². The Bertz CT molecular complexity index is 812. The van der Waals surface area contributed by atoms with Crippen molar-refractivity contribution in [1.29, 1.82) is 0 Å². The summed E-state index contributed by atoms with van der Waals surface area (Å²) in [4.78, 5) is 12.7. The van der Waals surface area contributed by atoms with Gasteiger partial charge in [0.25, 0.3) is 0 Å². The van der Waals surface area contributed by atoms with Crippen LogP contribution in [0.4, 0.5) is 13.2 Å². The number of benzene rings is 2. The van der Waals surface area contributed by atoms with Crippen LogP contribution in [-0.4, -0.2) is 5.91 Å². The minimum atomic E-state index is -4.39. The lowest BCUT2D eigenvalue weighted by Gasteiger charge is -2.43. The number of hydrogen-bond acceptors (Lipinski definition) is 1. The lowest BCUT2D eigenvalue weighted by molar-refractivity contribution is -0.138. The predicted octanol–water partition coefficient (Wildman–Crippen LogP) is 5.00. The van der Waals surface area contributed by atoms with Gasteiger partial charge in [-0.05, 0) is 48.8 Å². The van der Waals surface area contributed by atoms with Crippen LogP contribution in [0.15, 0.2) is 54.6 Å². The number of nitrogens with one attached hydrogen (secondary N) is 1. The van der Waals surface area contributed by atoms with Crippen molar-refractivity contribution in [2.24, 2.45) is 5.92 Å². The van der Waals surface area contributed by atoms with E-state index in [1.54, 1.807) is 6.07 Å². The second kappa shape index (κ2) is 6.15. The second-order valence-electron chi connectivity index (χ2n) is 7.32. The molecule has 2 atom stereocenters. The Balaban J connectivity index is 1.50. The van der Waals surface area contributed by atoms with Crippen molar-refractivity contribution in [3.63, 3.8) is 0 Å². The van der Waals surface area contributed by atoms with E-state index in [-0.39, 0.29) is 28.8 Å². The summed E-state index contributed by atoms with van der Waals surface area (Å²) in [6.45, 7) is 0. The zero-order valence-electron chi connectivity index (χ0n) is 14.2. The first-order chi connectivity index (χ1) is 12.4. The van der Waals surface area contributed by atoms with Crippen LogP contribution in [0.1, 0.15) is 48.3 Å². The van der Waals surface area contributed by atoms with Crippen LogP contribution in [0.5, 0.6) is 0 Å². The van der Waals surface area contributed by atoms with E-state index in [2.05, 4.69) is 5.32 Å². The van der Waals surface area contributed by atoms with E-state index in [1.165, 1.54) is 12.1 Å². The molecule has 2 saturated carbocycles. The summed E-state index contributed by atoms with van der Waals surface area (Å²) in [6, 6.07) is 15.4. The fourth-order valence-electron chi connectivity index (χ4n) is 4.01. The summed E-state index contributed by atoms with van der Waals surface area (Å²) in [5.74, 6) is -0.851. The Kier molecular flexibility index (Phi) is 4.05. The molecule has 2 aromatic carbocycles. The van der Waals surface area contributed by atoms with Gasteiger partial charge in [0, 0.05) is 5.92 Å². The molecule has 2 aliphatic carbocycles. The molecule has 0 radical (unpaired) electrons. The first-order valence-corrected chi connectivity index (χ1v) is 8.94. The van der Waals surface area contributed by atoms with Crippen LogP contribution in [0, 0.1) is 5.92 Å². The number of rotatable bonds is 4. The SMILES string of the molecule is O=C(NC1(c2ccccc2)CCC1)[C@@H]1C[C@@H]1c1ccccc1C(F)(F)F. The molecule has 1 N–H and O–H groups in total. The van der Waals surface area contributed by atoms with Gasteiger partial charge in [-0.3, -0.25) is 4.79 Å². The van der Waals surface area contributed by atoms with Crippen molar-refractivity contribution >= 4 is 5.91 Å². The van der Waals surface area contributed by atoms with E-state index in [0.717, 1.165) is 30.9 Å². The molecule has 4 rings (SSSR count). The maximum atomic E-state index is 13.2. The quantitative estimate of drug-likeness (QED) is 0.817. The summed E-state index contributed by atoms with van der Waals surface area (Å²) in [7, 11) is 0. The zero-order chi connectivity index (χ0) is 18.4. The number of halogens is 3. The van der Waals surface area contributed by atoms with Crippen LogP contribution in [0.2, 0.25) is 0 Å². The molecule has 1 amide bonds. The van der Waals surface area contributed by atoms with Crippen molar-refractivity contribution in [3.8, 4) is 0 Å². The van der Waals surface area contributed by atoms with E-state index in [0.29, 0.717) is 6.42 Å². The minimum absolute atomic E-state index is 0.129. The average molecular weight is 359 g/mol. The number of hydrogen-bond donors (Lipinski definition) is 1. The number of carbonyl (C=O) groups excluding carboxylic acids is 1. The molecule has 0 aromatic heterocycles. The summed E-state index contributed by atoms with van der Waals surface area (Å²) in [5, 5.41) is 3.15. The Hall–Kier alpha value is -2.30. The second-order valence-corrected chi connectivity index (χ2v) is 7.32. The first kappa shape index (κ1) is 17.1. The van der Waals surface area contributed by atoms with Crippen LogP contribution in [0.25, 0.3) is 0 Å². The fraction of sp³-hybridized carbons (Fsp3) is 0.381. The maximum Gasteiger partial charge on any atom is 0.416 e. The number of amides is 1. The summed E-state index contributed by atoms with van der Waals surface area (Å²) >= 11 is 0. The molecule has 0 saturated heterocycles. The molecule has 2 nitrogen and oxygen atoms in total. The highest BCUT2D eigenvalue weighted by atomic mass is 19.4. The highest BCUT2D eigenvalue weighted by molar-refractivity contribution is 5.84. The molecule has 2 aliphatic rings. The third-order valence-electron chi connectivity index (χ3n) is 5.69. The Labute approximate surface area is 150 Å². The van der Waals surface area contributed by atoms with Gasteiger partial charge >= 0.3 is 6.18 Å². The molecule has 2 aromatic rings. The largest absolute Gasteiger partial charge is 0.416 e. The van der Waals surface area contributed by atoms with Gasteiger partial charge in [-0.25, -0.2) is 0 Å². The van der Waals surface area contributed by atoms with E-state index in [9.17, 15) is 18.0 Å². The lowest BCUT2D eigenvalue weighted by atomic mass is 9.71. The lowest BCUT2D eigenvalue weighted by Crippen LogP contribution is -2.51. The number of alkyl halides is 3. The van der Waals surface area contributed by atoms with E-state index in [1.807, 2.05) is 30.3 Å². The standard InChI is InChI=1S/C21H20F3NO/c22-21(23,24)18-10-5-4-9-15(18)16-13-17(16)19(26)25-20(11-6-12-20)14-7-2-1-3-8-14/h1-5,7-10,16-17H,6,11-13H2,(H,25,26)/t16-,17-/m1/s1. The van der Waals surface area contributed by atoms with Gasteiger partial charge in [-0.2, -0.15) is 13.2 Å². The highest BCUT2D eigenvalue weighted by Gasteiger charge is 2.50. The van der Waals surface area contributed by atoms with E-state index < -0.39 is 11.7 Å². The Morgan fingerprint density at radius 3 is 2.27 bits per heavy atom. The monoisotopic (exact) mass is 359 g/mol. The molecule has 0 bridgehead atoms. The minimum Gasteiger partial charge on any atom is -0.346 e. The third kappa shape index (κ3) is 3.00. The first-order valence-electron chi connectivity index (χ1n) is 8.94. The van der Waals surface area contributed by atoms with Crippen molar-refractivity contribution in [2.75, 3.05) is 0 Å². The van der Waals surface area contributed by atoms with Crippen molar-refractivity contribution in [3.05, 3.63) is 71.3 Å². The Morgan fingerprint density at radius 1 is 1.00 bits per heavy atom. The molecular formula is C21H20F3NO. The molecule has 26 heavy (non-hydrogen) atoms. The summed E-state index contributed by atoms with van der Waals surface area (Å²) in [5.41, 5.74) is 0.339. The average Bonchev–Trinajstić information content (AvgIpc) is 3.39. The van der Waals surface area contributed by atoms with Crippen LogP contribution in [0.3, 0.4) is 0 Å². The van der Waals surface area contributed by atoms with Crippen molar-refractivity contribution in [2.45, 2.75) is 43.3 Å². The molecule has 0 heterocycles. The summed E-state index contributed by atoms with van der Waals surface area (Å²) in [6.07, 6.45) is -1.12. The van der Waals surface area contributed by atoms with Gasteiger partial charge in [0.15, 0.2) is 0 Å². The summed E-state index contributed by atoms with van der Waals surface area (Å²) < 4.78 is 39.7. The van der Waals surface area contributed by atoms with Crippen LogP contribution < -0.4 is 5.32 Å². The van der Waals surface area contributed by atoms with Crippen molar-refractivity contribution in [1.82, 2.24) is 5.32 Å². The molecular weight excluding hydrogens is 339 g/mol. The zero-order valence-corrected chi connectivity index (χ0v) is 14.2. The normalized spacial score (nSPS) is 23.8. The predicted molar refractivity (Wildman–Crippen MR) is 92.4 cm³/mol. The van der Waals surface area contributed by atoms with Crippen LogP contribution in [-0.2, 0) is 16.5 Å². The molecule has 2 fully saturated rings. The molecule has 5 heteroatoms. The van der Waals surface area contributed by atoms with Crippen molar-refractivity contribution < 1.29 is 18.0 Å². The van der Waals surface area contributed by atoms with Gasteiger partial charge in [0.1, 0.15) is 0 Å². The van der Waals surface area contributed by atoms with Gasteiger partial charge in [0.2, 0.25) is 5.91 Å². The fourth-order valence-corrected chi connectivity index (χ4v) is 4.01. The van der Waals surface area contributed by atoms with Gasteiger partial charge in [0.05, 0.1) is 11.1 Å². The van der Waals surface area contributed by atoms with E-state index in [4.69, 9.17) is 0 Å². The van der Waals surface area contributed by atoms with Gasteiger partial charge in [-0.1, -0.05) is 48.5 Å². The smallest absolute Gasteiger partial charge is 0.346 e.